The topological polar surface area (TPSA) is 123 Å². The third-order valence-electron chi connectivity index (χ3n) is 4.76. The average molecular weight is 465 g/mol. The molecule has 0 fully saturated rings. The maximum Gasteiger partial charge on any atom is 0.345 e. The molecule has 0 spiro atoms. The molecule has 168 valence electrons. The van der Waals surface area contributed by atoms with Gasteiger partial charge in [-0.1, -0.05) is 6.07 Å². The Hall–Kier alpha value is -4.05. The fourth-order valence-corrected chi connectivity index (χ4v) is 3.78. The minimum atomic E-state index is -0.538. The summed E-state index contributed by atoms with van der Waals surface area (Å²) in [6, 6.07) is 10.5. The SMILES string of the molecule is COc1ccc2cc(-c3csc(NC(=O)CCC(=O)NCc4cccnc4)n3)c(=O)oc2c1. The lowest BCUT2D eigenvalue weighted by Gasteiger charge is -2.05. The third-order valence-corrected chi connectivity index (χ3v) is 5.52. The Morgan fingerprint density at radius 1 is 1.15 bits per heavy atom. The zero-order valence-corrected chi connectivity index (χ0v) is 18.5. The number of anilines is 1. The molecule has 10 heteroatoms. The van der Waals surface area contributed by atoms with Crippen molar-refractivity contribution in [3.05, 3.63) is 70.2 Å². The van der Waals surface area contributed by atoms with E-state index in [0.717, 1.165) is 10.9 Å². The van der Waals surface area contributed by atoms with Crippen LogP contribution in [-0.2, 0) is 16.1 Å². The van der Waals surface area contributed by atoms with E-state index >= 15 is 0 Å². The molecule has 0 aliphatic carbocycles. The molecule has 0 saturated heterocycles. The van der Waals surface area contributed by atoms with Crippen LogP contribution >= 0.6 is 11.3 Å². The fraction of sp³-hybridized carbons (Fsp3) is 0.174. The summed E-state index contributed by atoms with van der Waals surface area (Å²) in [5.41, 5.74) is 1.44. The highest BCUT2D eigenvalue weighted by molar-refractivity contribution is 7.14. The van der Waals surface area contributed by atoms with E-state index in [1.54, 1.807) is 48.1 Å². The number of nitrogens with zero attached hydrogens (tertiary/aromatic N) is 2. The molecule has 0 aliphatic heterocycles. The second-order valence-corrected chi connectivity index (χ2v) is 7.93. The second-order valence-electron chi connectivity index (χ2n) is 7.08. The van der Waals surface area contributed by atoms with Crippen LogP contribution in [0.3, 0.4) is 0 Å². The molecule has 3 heterocycles. The van der Waals surface area contributed by atoms with Crippen LogP contribution in [-0.4, -0.2) is 28.9 Å². The Morgan fingerprint density at radius 3 is 2.79 bits per heavy atom. The van der Waals surface area contributed by atoms with E-state index in [9.17, 15) is 14.4 Å². The number of fused-ring (bicyclic) bond motifs is 1. The van der Waals surface area contributed by atoms with Crippen molar-refractivity contribution in [2.45, 2.75) is 19.4 Å². The number of carbonyl (C=O) groups is 2. The number of amides is 2. The highest BCUT2D eigenvalue weighted by atomic mass is 32.1. The van der Waals surface area contributed by atoms with Gasteiger partial charge in [-0.15, -0.1) is 11.3 Å². The molecule has 2 amide bonds. The summed E-state index contributed by atoms with van der Waals surface area (Å²) in [5, 5.41) is 8.13. The predicted molar refractivity (Wildman–Crippen MR) is 124 cm³/mol. The van der Waals surface area contributed by atoms with E-state index in [1.807, 2.05) is 6.07 Å². The van der Waals surface area contributed by atoms with E-state index in [0.29, 0.717) is 34.3 Å². The molecule has 0 saturated carbocycles. The van der Waals surface area contributed by atoms with Crippen molar-refractivity contribution in [1.29, 1.82) is 0 Å². The van der Waals surface area contributed by atoms with E-state index in [2.05, 4.69) is 20.6 Å². The summed E-state index contributed by atoms with van der Waals surface area (Å²) in [6.07, 6.45) is 3.37. The van der Waals surface area contributed by atoms with Gasteiger partial charge in [0.15, 0.2) is 5.13 Å². The van der Waals surface area contributed by atoms with Crippen LogP contribution in [0.1, 0.15) is 18.4 Å². The number of thiazole rings is 1. The van der Waals surface area contributed by atoms with Crippen molar-refractivity contribution in [2.24, 2.45) is 0 Å². The molecular formula is C23H20N4O5S. The summed E-state index contributed by atoms with van der Waals surface area (Å²) in [4.78, 5) is 44.9. The number of carbonyl (C=O) groups excluding carboxylic acids is 2. The van der Waals surface area contributed by atoms with Crippen LogP contribution in [0.4, 0.5) is 5.13 Å². The van der Waals surface area contributed by atoms with E-state index in [4.69, 9.17) is 9.15 Å². The summed E-state index contributed by atoms with van der Waals surface area (Å²) < 4.78 is 10.5. The van der Waals surface area contributed by atoms with Crippen LogP contribution in [0, 0.1) is 0 Å². The van der Waals surface area contributed by atoms with Gasteiger partial charge in [0.2, 0.25) is 11.8 Å². The number of hydrogen-bond acceptors (Lipinski definition) is 8. The highest BCUT2D eigenvalue weighted by Crippen LogP contribution is 2.27. The molecule has 0 aliphatic rings. The first kappa shape index (κ1) is 22.2. The lowest BCUT2D eigenvalue weighted by atomic mass is 10.1. The Morgan fingerprint density at radius 2 is 2.00 bits per heavy atom. The number of ether oxygens (including phenoxy) is 1. The van der Waals surface area contributed by atoms with Gasteiger partial charge in [0.05, 0.1) is 18.4 Å². The molecule has 2 N–H and O–H groups in total. The largest absolute Gasteiger partial charge is 0.497 e. The summed E-state index contributed by atoms with van der Waals surface area (Å²) in [5.74, 6) is 0.00659. The molecular weight excluding hydrogens is 444 g/mol. The standard InChI is InChI=1S/C23H20N4O5S/c1-31-16-5-4-15-9-17(22(30)32-19(15)10-16)18-13-33-23(26-18)27-21(29)7-6-20(28)25-12-14-3-2-8-24-11-14/h2-5,8-11,13H,6-7,12H2,1H3,(H,25,28)(H,26,27,29). The number of benzene rings is 1. The van der Waals surface area contributed by atoms with E-state index in [1.165, 1.54) is 18.4 Å². The van der Waals surface area contributed by atoms with Crippen LogP contribution < -0.4 is 21.0 Å². The average Bonchev–Trinajstić information content (AvgIpc) is 3.29. The van der Waals surface area contributed by atoms with Crippen molar-refractivity contribution in [1.82, 2.24) is 15.3 Å². The molecule has 0 radical (unpaired) electrons. The summed E-state index contributed by atoms with van der Waals surface area (Å²) in [7, 11) is 1.54. The minimum absolute atomic E-state index is 0.00767. The number of hydrogen-bond donors (Lipinski definition) is 2. The van der Waals surface area contributed by atoms with Crippen LogP contribution in [0.15, 0.2) is 63.4 Å². The maximum atomic E-state index is 12.4. The third kappa shape index (κ3) is 5.60. The van der Waals surface area contributed by atoms with Crippen LogP contribution in [0.5, 0.6) is 5.75 Å². The lowest BCUT2D eigenvalue weighted by molar-refractivity contribution is -0.124. The first-order valence-electron chi connectivity index (χ1n) is 10.0. The van der Waals surface area contributed by atoms with Gasteiger partial charge in [0.1, 0.15) is 11.3 Å². The lowest BCUT2D eigenvalue weighted by Crippen LogP contribution is -2.24. The number of aromatic nitrogens is 2. The van der Waals surface area contributed by atoms with Gasteiger partial charge in [-0.3, -0.25) is 14.6 Å². The normalized spacial score (nSPS) is 10.7. The quantitative estimate of drug-likeness (QED) is 0.383. The molecule has 0 bridgehead atoms. The van der Waals surface area contributed by atoms with Gasteiger partial charge < -0.3 is 19.8 Å². The van der Waals surface area contributed by atoms with Gasteiger partial charge in [0.25, 0.3) is 0 Å². The number of rotatable bonds is 8. The van der Waals surface area contributed by atoms with Gasteiger partial charge in [-0.25, -0.2) is 9.78 Å². The van der Waals surface area contributed by atoms with Crippen molar-refractivity contribution in [3.8, 4) is 17.0 Å². The van der Waals surface area contributed by atoms with Crippen molar-refractivity contribution in [3.63, 3.8) is 0 Å². The first-order valence-corrected chi connectivity index (χ1v) is 10.9. The Balaban J connectivity index is 1.34. The number of methoxy groups -OCH3 is 1. The Kier molecular flexibility index (Phi) is 6.75. The molecule has 4 rings (SSSR count). The molecule has 3 aromatic heterocycles. The zero-order valence-electron chi connectivity index (χ0n) is 17.7. The van der Waals surface area contributed by atoms with Crippen LogP contribution in [0.2, 0.25) is 0 Å². The summed E-state index contributed by atoms with van der Waals surface area (Å²) >= 11 is 1.18. The predicted octanol–water partition coefficient (Wildman–Crippen LogP) is 3.36. The van der Waals surface area contributed by atoms with Gasteiger partial charge >= 0.3 is 5.63 Å². The van der Waals surface area contributed by atoms with Gasteiger partial charge in [0, 0.05) is 48.6 Å². The molecule has 33 heavy (non-hydrogen) atoms. The van der Waals surface area contributed by atoms with E-state index < -0.39 is 5.63 Å². The smallest absolute Gasteiger partial charge is 0.345 e. The second kappa shape index (κ2) is 10.0. The first-order chi connectivity index (χ1) is 16.0. The zero-order chi connectivity index (χ0) is 23.2. The Labute approximate surface area is 192 Å². The minimum Gasteiger partial charge on any atom is -0.497 e. The molecule has 4 aromatic rings. The van der Waals surface area contributed by atoms with Gasteiger partial charge in [-0.2, -0.15) is 0 Å². The van der Waals surface area contributed by atoms with Crippen molar-refractivity contribution in [2.75, 3.05) is 12.4 Å². The van der Waals surface area contributed by atoms with Gasteiger partial charge in [-0.05, 0) is 29.8 Å². The molecule has 0 atom stereocenters. The van der Waals surface area contributed by atoms with Crippen molar-refractivity contribution < 1.29 is 18.7 Å². The molecule has 9 nitrogen and oxygen atoms in total. The van der Waals surface area contributed by atoms with E-state index in [-0.39, 0.29) is 24.7 Å². The van der Waals surface area contributed by atoms with Crippen LogP contribution in [0.25, 0.3) is 22.2 Å². The monoisotopic (exact) mass is 464 g/mol. The summed E-state index contributed by atoms with van der Waals surface area (Å²) in [6.45, 7) is 0.352. The molecule has 0 unspecified atom stereocenters. The number of pyridine rings is 1. The maximum absolute atomic E-state index is 12.4. The number of nitrogens with one attached hydrogen (secondary N) is 2. The molecule has 1 aromatic carbocycles. The van der Waals surface area contributed by atoms with Crippen molar-refractivity contribution >= 4 is 39.3 Å². The fourth-order valence-electron chi connectivity index (χ4n) is 3.05. The Bertz CT molecular complexity index is 1350. The highest BCUT2D eigenvalue weighted by Gasteiger charge is 2.14.